The highest BCUT2D eigenvalue weighted by molar-refractivity contribution is 9.10. The Hall–Kier alpha value is -1.36. The van der Waals surface area contributed by atoms with E-state index in [4.69, 9.17) is 0 Å². The van der Waals surface area contributed by atoms with Gasteiger partial charge in [0, 0.05) is 10.9 Å². The molecule has 2 N–H and O–H groups in total. The number of benzene rings is 1. The van der Waals surface area contributed by atoms with Crippen LogP contribution in [0.5, 0.6) is 0 Å². The van der Waals surface area contributed by atoms with Crippen molar-refractivity contribution in [3.63, 3.8) is 0 Å². The zero-order chi connectivity index (χ0) is 15.8. The number of aliphatic carboxylic acids is 1. The van der Waals surface area contributed by atoms with Crippen LogP contribution in [0.15, 0.2) is 28.7 Å². The van der Waals surface area contributed by atoms with E-state index in [9.17, 15) is 14.7 Å². The molecule has 0 radical (unpaired) electrons. The van der Waals surface area contributed by atoms with Crippen LogP contribution in [0.3, 0.4) is 0 Å². The predicted octanol–water partition coefficient (Wildman–Crippen LogP) is 3.59. The van der Waals surface area contributed by atoms with Crippen molar-refractivity contribution in [2.45, 2.75) is 50.5 Å². The van der Waals surface area contributed by atoms with Crippen molar-refractivity contribution in [2.24, 2.45) is 5.41 Å². The molecular formula is C17H20BrNO3. The molecule has 0 saturated heterocycles. The van der Waals surface area contributed by atoms with Gasteiger partial charge in [0.15, 0.2) is 0 Å². The van der Waals surface area contributed by atoms with Crippen molar-refractivity contribution in [1.29, 1.82) is 0 Å². The van der Waals surface area contributed by atoms with E-state index in [0.29, 0.717) is 12.8 Å². The Balaban J connectivity index is 1.71. The predicted molar refractivity (Wildman–Crippen MR) is 86.4 cm³/mol. The molecule has 22 heavy (non-hydrogen) atoms. The van der Waals surface area contributed by atoms with E-state index < -0.39 is 11.4 Å². The summed E-state index contributed by atoms with van der Waals surface area (Å²) >= 11 is 3.42. The molecule has 4 nitrogen and oxygen atoms in total. The smallest absolute Gasteiger partial charge is 0.310 e. The van der Waals surface area contributed by atoms with Crippen LogP contribution >= 0.6 is 15.9 Å². The molecule has 0 unspecified atom stereocenters. The van der Waals surface area contributed by atoms with E-state index in [2.05, 4.69) is 21.2 Å². The molecule has 5 heteroatoms. The zero-order valence-electron chi connectivity index (χ0n) is 12.4. The average molecular weight is 366 g/mol. The Labute approximate surface area is 138 Å². The third kappa shape index (κ3) is 2.67. The van der Waals surface area contributed by atoms with E-state index in [-0.39, 0.29) is 17.9 Å². The highest BCUT2D eigenvalue weighted by atomic mass is 79.9. The first-order chi connectivity index (χ1) is 10.5. The summed E-state index contributed by atoms with van der Waals surface area (Å²) in [5, 5.41) is 12.5. The van der Waals surface area contributed by atoms with Crippen LogP contribution in [-0.2, 0) is 15.1 Å². The summed E-state index contributed by atoms with van der Waals surface area (Å²) in [5.74, 6) is -0.968. The van der Waals surface area contributed by atoms with Gasteiger partial charge < -0.3 is 10.4 Å². The molecule has 1 aromatic carbocycles. The van der Waals surface area contributed by atoms with Crippen molar-refractivity contribution in [2.75, 3.05) is 0 Å². The number of rotatable bonds is 5. The van der Waals surface area contributed by atoms with Gasteiger partial charge in [-0.15, -0.1) is 0 Å². The normalized spacial score (nSPS) is 21.3. The number of halogens is 1. The first kappa shape index (κ1) is 15.5. The highest BCUT2D eigenvalue weighted by Gasteiger charge is 2.47. The molecular weight excluding hydrogens is 346 g/mol. The molecule has 1 aromatic rings. The second-order valence-electron chi connectivity index (χ2n) is 6.61. The highest BCUT2D eigenvalue weighted by Crippen LogP contribution is 2.46. The van der Waals surface area contributed by atoms with E-state index in [1.165, 1.54) is 0 Å². The molecule has 2 aliphatic rings. The van der Waals surface area contributed by atoms with E-state index in [1.54, 1.807) is 0 Å². The van der Waals surface area contributed by atoms with Crippen molar-refractivity contribution in [3.05, 3.63) is 34.3 Å². The lowest BCUT2D eigenvalue weighted by atomic mass is 9.66. The molecule has 0 aliphatic heterocycles. The number of nitrogens with one attached hydrogen (secondary N) is 1. The summed E-state index contributed by atoms with van der Waals surface area (Å²) in [4.78, 5) is 23.8. The third-order valence-electron chi connectivity index (χ3n) is 5.25. The molecule has 0 spiro atoms. The Morgan fingerprint density at radius 3 is 2.09 bits per heavy atom. The average Bonchev–Trinajstić information content (AvgIpc) is 2.39. The van der Waals surface area contributed by atoms with Gasteiger partial charge in [-0.3, -0.25) is 9.59 Å². The van der Waals surface area contributed by atoms with Gasteiger partial charge in [-0.05, 0) is 49.8 Å². The number of carbonyl (C=O) groups is 2. The lowest BCUT2D eigenvalue weighted by Crippen LogP contribution is -2.53. The third-order valence-corrected chi connectivity index (χ3v) is 5.77. The summed E-state index contributed by atoms with van der Waals surface area (Å²) in [5.41, 5.74) is -0.0241. The van der Waals surface area contributed by atoms with Gasteiger partial charge in [0.25, 0.3) is 0 Å². The molecule has 0 bridgehead atoms. The second-order valence-corrected chi connectivity index (χ2v) is 7.52. The monoisotopic (exact) mass is 365 g/mol. The number of carboxylic acid groups (broad SMARTS) is 1. The maximum Gasteiger partial charge on any atom is 0.310 e. The van der Waals surface area contributed by atoms with E-state index in [0.717, 1.165) is 35.7 Å². The number of hydrogen-bond donors (Lipinski definition) is 2. The van der Waals surface area contributed by atoms with Crippen LogP contribution in [0.1, 0.15) is 50.5 Å². The fourth-order valence-electron chi connectivity index (χ4n) is 3.47. The summed E-state index contributed by atoms with van der Waals surface area (Å²) in [7, 11) is 0. The van der Waals surface area contributed by atoms with Crippen LogP contribution in [0.4, 0.5) is 0 Å². The van der Waals surface area contributed by atoms with Crippen molar-refractivity contribution in [1.82, 2.24) is 5.32 Å². The molecule has 3 rings (SSSR count). The molecule has 2 aliphatic carbocycles. The van der Waals surface area contributed by atoms with E-state index >= 15 is 0 Å². The molecule has 0 heterocycles. The van der Waals surface area contributed by atoms with Crippen LogP contribution in [0.2, 0.25) is 0 Å². The summed E-state index contributed by atoms with van der Waals surface area (Å²) in [6.07, 6.45) is 5.14. The number of carboxylic acids is 1. The van der Waals surface area contributed by atoms with Crippen molar-refractivity contribution >= 4 is 27.8 Å². The Morgan fingerprint density at radius 1 is 1.09 bits per heavy atom. The molecule has 118 valence electrons. The first-order valence-corrected chi connectivity index (χ1v) is 8.56. The molecule has 0 aromatic heterocycles. The number of hydrogen-bond acceptors (Lipinski definition) is 2. The quantitative estimate of drug-likeness (QED) is 0.837. The standard InChI is InChI=1S/C17H20BrNO3/c18-13-5-3-12(4-6-13)17(9-2-10-17)19-14(20)11-16(15(21)22)7-1-8-16/h3-6H,1-2,7-11H2,(H,19,20)(H,21,22). The Morgan fingerprint density at radius 2 is 1.68 bits per heavy atom. The van der Waals surface area contributed by atoms with Gasteiger partial charge in [-0.2, -0.15) is 0 Å². The lowest BCUT2D eigenvalue weighted by molar-refractivity contribution is -0.158. The van der Waals surface area contributed by atoms with Gasteiger partial charge in [0.2, 0.25) is 5.91 Å². The minimum atomic E-state index is -0.833. The van der Waals surface area contributed by atoms with E-state index in [1.807, 2.05) is 24.3 Å². The van der Waals surface area contributed by atoms with Crippen LogP contribution in [0, 0.1) is 5.41 Å². The SMILES string of the molecule is O=C(CC1(C(=O)O)CCC1)NC1(c2ccc(Br)cc2)CCC1. The second kappa shape index (κ2) is 5.69. The lowest BCUT2D eigenvalue weighted by Gasteiger charge is -2.44. The Bertz CT molecular complexity index is 588. The molecule has 2 saturated carbocycles. The van der Waals surface area contributed by atoms with Gasteiger partial charge >= 0.3 is 5.97 Å². The Kier molecular flexibility index (Phi) is 4.02. The van der Waals surface area contributed by atoms with Crippen LogP contribution in [0.25, 0.3) is 0 Å². The van der Waals surface area contributed by atoms with Gasteiger partial charge in [0.05, 0.1) is 11.0 Å². The van der Waals surface area contributed by atoms with Gasteiger partial charge in [-0.1, -0.05) is 34.5 Å². The molecule has 0 atom stereocenters. The fourth-order valence-corrected chi connectivity index (χ4v) is 3.74. The van der Waals surface area contributed by atoms with Gasteiger partial charge in [0.1, 0.15) is 0 Å². The topological polar surface area (TPSA) is 66.4 Å². The zero-order valence-corrected chi connectivity index (χ0v) is 14.0. The minimum absolute atomic E-state index is 0.0978. The largest absolute Gasteiger partial charge is 0.481 e. The van der Waals surface area contributed by atoms with Crippen molar-refractivity contribution < 1.29 is 14.7 Å². The number of amides is 1. The molecule has 2 fully saturated rings. The number of carbonyl (C=O) groups excluding carboxylic acids is 1. The summed E-state index contributed by atoms with van der Waals surface area (Å²) < 4.78 is 1.01. The first-order valence-electron chi connectivity index (χ1n) is 7.76. The maximum absolute atomic E-state index is 12.4. The molecule has 1 amide bonds. The minimum Gasteiger partial charge on any atom is -0.481 e. The fraction of sp³-hybridized carbons (Fsp3) is 0.529. The van der Waals surface area contributed by atoms with Gasteiger partial charge in [-0.25, -0.2) is 0 Å². The van der Waals surface area contributed by atoms with Crippen molar-refractivity contribution in [3.8, 4) is 0 Å². The summed E-state index contributed by atoms with van der Waals surface area (Å²) in [6.45, 7) is 0. The van der Waals surface area contributed by atoms with Crippen LogP contribution < -0.4 is 5.32 Å². The van der Waals surface area contributed by atoms with Crippen LogP contribution in [-0.4, -0.2) is 17.0 Å². The maximum atomic E-state index is 12.4. The summed E-state index contributed by atoms with van der Waals surface area (Å²) in [6, 6.07) is 8.01.